The number of hydrogen-bond donors (Lipinski definition) is 0. The summed E-state index contributed by atoms with van der Waals surface area (Å²) in [6.45, 7) is 1.60. The number of carbonyl (C=O) groups excluding carboxylic acids is 1. The molecule has 0 aliphatic carbocycles. The molecule has 2 aliphatic rings. The van der Waals surface area contributed by atoms with Crippen LogP contribution in [-0.2, 0) is 11.3 Å². The maximum absolute atomic E-state index is 11.7. The number of hydrogen-bond acceptors (Lipinski definition) is 3. The first-order chi connectivity index (χ1) is 9.29. The smallest absolute Gasteiger partial charge is 0.289 e. The van der Waals surface area contributed by atoms with Crippen LogP contribution in [0.15, 0.2) is 46.6 Å². The minimum Gasteiger partial charge on any atom is -0.369 e. The molecule has 3 rings (SSSR count). The van der Waals surface area contributed by atoms with Crippen molar-refractivity contribution in [1.29, 1.82) is 5.26 Å². The van der Waals surface area contributed by atoms with Gasteiger partial charge in [-0.25, -0.2) is 4.99 Å². The maximum Gasteiger partial charge on any atom is 0.289 e. The van der Waals surface area contributed by atoms with Crippen LogP contribution in [0.2, 0.25) is 0 Å². The second-order valence-electron chi connectivity index (χ2n) is 4.76. The number of aliphatic imine (C=N–C) groups is 1. The third-order valence-electron chi connectivity index (χ3n) is 3.57. The third kappa shape index (κ3) is 2.04. The van der Waals surface area contributed by atoms with E-state index in [1.54, 1.807) is 6.21 Å². The Morgan fingerprint density at radius 3 is 2.89 bits per heavy atom. The molecule has 0 spiro atoms. The average molecular weight is 251 g/mol. The summed E-state index contributed by atoms with van der Waals surface area (Å²) < 4.78 is 0. The molecule has 1 aromatic rings. The first-order valence-corrected chi connectivity index (χ1v) is 6.31. The lowest BCUT2D eigenvalue weighted by Crippen LogP contribution is -2.24. The lowest BCUT2D eigenvalue weighted by Gasteiger charge is -2.23. The van der Waals surface area contributed by atoms with Crippen molar-refractivity contribution in [3.8, 4) is 6.07 Å². The van der Waals surface area contributed by atoms with Crippen molar-refractivity contribution in [3.63, 3.8) is 0 Å². The second-order valence-corrected chi connectivity index (χ2v) is 4.76. The maximum atomic E-state index is 11.7. The largest absolute Gasteiger partial charge is 0.369 e. The molecule has 1 aromatic carbocycles. The summed E-state index contributed by atoms with van der Waals surface area (Å²) >= 11 is 0. The van der Waals surface area contributed by atoms with Gasteiger partial charge in [0.15, 0.2) is 0 Å². The van der Waals surface area contributed by atoms with Crippen LogP contribution >= 0.6 is 0 Å². The van der Waals surface area contributed by atoms with E-state index in [4.69, 9.17) is 5.26 Å². The van der Waals surface area contributed by atoms with Gasteiger partial charge in [0.2, 0.25) is 0 Å². The highest BCUT2D eigenvalue weighted by molar-refractivity contribution is 6.05. The molecule has 2 heterocycles. The third-order valence-corrected chi connectivity index (χ3v) is 3.57. The standard InChI is InChI=1S/C15H13N3O/c16-8-13-14-12(9-17-15(13)19)6-7-18(14)10-11-4-2-1-3-5-11/h1-5,9,12H,6-7,10H2. The molecule has 2 aliphatic heterocycles. The summed E-state index contributed by atoms with van der Waals surface area (Å²) in [4.78, 5) is 17.6. The Morgan fingerprint density at radius 1 is 1.37 bits per heavy atom. The predicted molar refractivity (Wildman–Crippen MR) is 71.1 cm³/mol. The highest BCUT2D eigenvalue weighted by atomic mass is 16.1. The molecule has 94 valence electrons. The van der Waals surface area contributed by atoms with E-state index in [2.05, 4.69) is 22.0 Å². The van der Waals surface area contributed by atoms with Crippen LogP contribution in [0.1, 0.15) is 12.0 Å². The fourth-order valence-corrected chi connectivity index (χ4v) is 2.68. The molecule has 1 fully saturated rings. The van der Waals surface area contributed by atoms with Gasteiger partial charge in [0.1, 0.15) is 11.6 Å². The van der Waals surface area contributed by atoms with E-state index in [1.165, 1.54) is 5.56 Å². The Bertz CT molecular complexity index is 610. The molecule has 0 aromatic heterocycles. The summed E-state index contributed by atoms with van der Waals surface area (Å²) in [5, 5.41) is 9.16. The van der Waals surface area contributed by atoms with E-state index in [-0.39, 0.29) is 11.5 Å². The Hall–Kier alpha value is -2.41. The number of carbonyl (C=O) groups is 1. The Kier molecular flexibility index (Phi) is 2.88. The fourth-order valence-electron chi connectivity index (χ4n) is 2.68. The van der Waals surface area contributed by atoms with Crippen LogP contribution in [-0.4, -0.2) is 23.6 Å². The van der Waals surface area contributed by atoms with Crippen molar-refractivity contribution in [2.24, 2.45) is 10.9 Å². The summed E-state index contributed by atoms with van der Waals surface area (Å²) in [5.41, 5.74) is 2.25. The van der Waals surface area contributed by atoms with Crippen molar-refractivity contribution in [2.45, 2.75) is 13.0 Å². The normalized spacial score (nSPS) is 21.5. The number of dihydropyridines is 1. The molecule has 0 saturated carbocycles. The van der Waals surface area contributed by atoms with Crippen molar-refractivity contribution >= 4 is 12.1 Å². The predicted octanol–water partition coefficient (Wildman–Crippen LogP) is 1.90. The van der Waals surface area contributed by atoms with E-state index in [0.717, 1.165) is 25.2 Å². The van der Waals surface area contributed by atoms with E-state index >= 15 is 0 Å². The van der Waals surface area contributed by atoms with Crippen molar-refractivity contribution in [3.05, 3.63) is 47.2 Å². The van der Waals surface area contributed by atoms with Gasteiger partial charge in [-0.2, -0.15) is 5.26 Å². The Balaban J connectivity index is 1.92. The summed E-state index contributed by atoms with van der Waals surface area (Å²) in [6, 6.07) is 12.1. The topological polar surface area (TPSA) is 56.5 Å². The number of benzene rings is 1. The lowest BCUT2D eigenvalue weighted by atomic mass is 9.99. The quantitative estimate of drug-likeness (QED) is 0.806. The number of rotatable bonds is 2. The van der Waals surface area contributed by atoms with Gasteiger partial charge in [-0.05, 0) is 12.0 Å². The zero-order valence-corrected chi connectivity index (χ0v) is 10.4. The van der Waals surface area contributed by atoms with E-state index in [1.807, 2.05) is 24.3 Å². The van der Waals surface area contributed by atoms with Crippen LogP contribution in [0.4, 0.5) is 0 Å². The molecule has 0 bridgehead atoms. The molecular formula is C15H13N3O. The fraction of sp³-hybridized carbons (Fsp3) is 0.267. The Morgan fingerprint density at radius 2 is 2.16 bits per heavy atom. The highest BCUT2D eigenvalue weighted by Crippen LogP contribution is 2.33. The molecule has 4 nitrogen and oxygen atoms in total. The van der Waals surface area contributed by atoms with Crippen LogP contribution < -0.4 is 0 Å². The summed E-state index contributed by atoms with van der Waals surface area (Å²) in [7, 11) is 0. The number of allylic oxidation sites excluding steroid dienone is 1. The van der Waals surface area contributed by atoms with Crippen LogP contribution in [0.3, 0.4) is 0 Å². The number of nitriles is 1. The monoisotopic (exact) mass is 251 g/mol. The van der Waals surface area contributed by atoms with Gasteiger partial charge in [-0.15, -0.1) is 0 Å². The van der Waals surface area contributed by atoms with Crippen LogP contribution in [0, 0.1) is 17.2 Å². The first-order valence-electron chi connectivity index (χ1n) is 6.31. The molecule has 19 heavy (non-hydrogen) atoms. The zero-order valence-electron chi connectivity index (χ0n) is 10.4. The van der Waals surface area contributed by atoms with E-state index in [9.17, 15) is 4.79 Å². The van der Waals surface area contributed by atoms with Gasteiger partial charge in [0, 0.05) is 30.9 Å². The van der Waals surface area contributed by atoms with E-state index < -0.39 is 5.91 Å². The summed E-state index contributed by atoms with van der Waals surface area (Å²) in [5.74, 6) is -0.287. The van der Waals surface area contributed by atoms with Gasteiger partial charge in [0.05, 0.1) is 0 Å². The van der Waals surface area contributed by atoms with Gasteiger partial charge in [0.25, 0.3) is 5.91 Å². The minimum absolute atomic E-state index is 0.121. The average Bonchev–Trinajstić information content (AvgIpc) is 2.83. The van der Waals surface area contributed by atoms with Crippen molar-refractivity contribution < 1.29 is 4.79 Å². The molecule has 4 heteroatoms. The number of amides is 1. The van der Waals surface area contributed by atoms with Crippen LogP contribution in [0.5, 0.6) is 0 Å². The molecular weight excluding hydrogens is 238 g/mol. The van der Waals surface area contributed by atoms with Crippen LogP contribution in [0.25, 0.3) is 0 Å². The molecule has 0 radical (unpaired) electrons. The molecule has 1 amide bonds. The Labute approximate surface area is 111 Å². The van der Waals surface area contributed by atoms with Gasteiger partial charge >= 0.3 is 0 Å². The zero-order chi connectivity index (χ0) is 13.2. The number of nitrogens with zero attached hydrogens (tertiary/aromatic N) is 3. The van der Waals surface area contributed by atoms with Gasteiger partial charge in [-0.1, -0.05) is 30.3 Å². The first kappa shape index (κ1) is 11.7. The van der Waals surface area contributed by atoms with E-state index in [0.29, 0.717) is 0 Å². The second kappa shape index (κ2) is 4.69. The number of likely N-dealkylation sites (tertiary alicyclic amines) is 1. The van der Waals surface area contributed by atoms with Gasteiger partial charge < -0.3 is 4.90 Å². The van der Waals surface area contributed by atoms with Crippen molar-refractivity contribution in [1.82, 2.24) is 4.90 Å². The number of fused-ring (bicyclic) bond motifs is 1. The summed E-state index contributed by atoms with van der Waals surface area (Å²) in [6.07, 6.45) is 2.60. The van der Waals surface area contributed by atoms with Crippen molar-refractivity contribution in [2.75, 3.05) is 6.54 Å². The molecule has 0 N–H and O–H groups in total. The molecule has 1 saturated heterocycles. The lowest BCUT2D eigenvalue weighted by molar-refractivity contribution is -0.114. The molecule has 1 atom stereocenters. The SMILES string of the molecule is N#CC1=C2C(C=NC1=O)CCN2Cc1ccccc1. The highest BCUT2D eigenvalue weighted by Gasteiger charge is 2.34. The minimum atomic E-state index is -0.409. The van der Waals surface area contributed by atoms with Gasteiger partial charge in [-0.3, -0.25) is 4.79 Å². The molecule has 1 unspecified atom stereocenters.